The Kier molecular flexibility index (Phi) is 4.02. The SMILES string of the molecule is O=C(Nc1cnn(Cc2cccc(F)c2)c1)c1cc(-c2ccno2)on1. The van der Waals surface area contributed by atoms with Gasteiger partial charge in [-0.05, 0) is 17.7 Å². The fraction of sp³-hybridized carbons (Fsp3) is 0.0588. The number of nitrogens with zero attached hydrogens (tertiary/aromatic N) is 4. The Morgan fingerprint density at radius 3 is 2.92 bits per heavy atom. The molecule has 3 heterocycles. The van der Waals surface area contributed by atoms with Crippen LogP contribution in [0.2, 0.25) is 0 Å². The fourth-order valence-electron chi connectivity index (χ4n) is 2.37. The van der Waals surface area contributed by atoms with E-state index >= 15 is 0 Å². The number of anilines is 1. The van der Waals surface area contributed by atoms with Crippen molar-refractivity contribution in [2.24, 2.45) is 0 Å². The summed E-state index contributed by atoms with van der Waals surface area (Å²) in [4.78, 5) is 12.2. The van der Waals surface area contributed by atoms with E-state index in [1.807, 2.05) is 0 Å². The average molecular weight is 353 g/mol. The van der Waals surface area contributed by atoms with Crippen LogP contribution < -0.4 is 5.32 Å². The summed E-state index contributed by atoms with van der Waals surface area (Å²) in [5, 5.41) is 14.1. The molecule has 8 nitrogen and oxygen atoms in total. The zero-order valence-corrected chi connectivity index (χ0v) is 13.3. The van der Waals surface area contributed by atoms with Crippen LogP contribution in [0.5, 0.6) is 0 Å². The number of carbonyl (C=O) groups is 1. The third-order valence-corrected chi connectivity index (χ3v) is 3.55. The summed E-state index contributed by atoms with van der Waals surface area (Å²) >= 11 is 0. The van der Waals surface area contributed by atoms with Crippen LogP contribution in [0.25, 0.3) is 11.5 Å². The predicted molar refractivity (Wildman–Crippen MR) is 87.7 cm³/mol. The molecule has 0 saturated carbocycles. The van der Waals surface area contributed by atoms with Gasteiger partial charge in [0.05, 0.1) is 24.6 Å². The normalized spacial score (nSPS) is 10.8. The van der Waals surface area contributed by atoms with Crippen LogP contribution in [0.1, 0.15) is 16.1 Å². The highest BCUT2D eigenvalue weighted by atomic mass is 19.1. The molecule has 0 atom stereocenters. The van der Waals surface area contributed by atoms with Crippen molar-refractivity contribution in [2.45, 2.75) is 6.54 Å². The van der Waals surface area contributed by atoms with Gasteiger partial charge in [-0.25, -0.2) is 4.39 Å². The first-order valence-electron chi connectivity index (χ1n) is 7.63. The first kappa shape index (κ1) is 15.8. The summed E-state index contributed by atoms with van der Waals surface area (Å²) in [5.41, 5.74) is 1.34. The van der Waals surface area contributed by atoms with Crippen LogP contribution in [-0.2, 0) is 6.54 Å². The molecule has 0 radical (unpaired) electrons. The molecule has 0 unspecified atom stereocenters. The van der Waals surface area contributed by atoms with Crippen molar-refractivity contribution in [2.75, 3.05) is 5.32 Å². The molecule has 1 aromatic carbocycles. The van der Waals surface area contributed by atoms with Gasteiger partial charge >= 0.3 is 0 Å². The van der Waals surface area contributed by atoms with Crippen molar-refractivity contribution in [3.8, 4) is 11.5 Å². The molecule has 26 heavy (non-hydrogen) atoms. The molecular weight excluding hydrogens is 341 g/mol. The minimum Gasteiger partial charge on any atom is -0.353 e. The monoisotopic (exact) mass is 353 g/mol. The lowest BCUT2D eigenvalue weighted by atomic mass is 10.2. The lowest BCUT2D eigenvalue weighted by Gasteiger charge is -2.01. The number of aromatic nitrogens is 4. The second-order valence-corrected chi connectivity index (χ2v) is 5.46. The van der Waals surface area contributed by atoms with Gasteiger partial charge < -0.3 is 14.4 Å². The molecule has 0 fully saturated rings. The van der Waals surface area contributed by atoms with E-state index in [0.29, 0.717) is 23.8 Å². The minimum atomic E-state index is -0.454. The van der Waals surface area contributed by atoms with Gasteiger partial charge in [0.2, 0.25) is 11.5 Å². The molecule has 1 amide bonds. The van der Waals surface area contributed by atoms with Gasteiger partial charge in [-0.15, -0.1) is 0 Å². The van der Waals surface area contributed by atoms with Crippen LogP contribution in [0, 0.1) is 5.82 Å². The van der Waals surface area contributed by atoms with Gasteiger partial charge in [-0.3, -0.25) is 9.48 Å². The molecule has 3 aromatic heterocycles. The van der Waals surface area contributed by atoms with Crippen molar-refractivity contribution >= 4 is 11.6 Å². The van der Waals surface area contributed by atoms with Crippen molar-refractivity contribution in [3.63, 3.8) is 0 Å². The smallest absolute Gasteiger partial charge is 0.277 e. The minimum absolute atomic E-state index is 0.0919. The molecule has 0 aliphatic carbocycles. The highest BCUT2D eigenvalue weighted by Gasteiger charge is 2.16. The van der Waals surface area contributed by atoms with E-state index in [1.54, 1.807) is 29.1 Å². The van der Waals surface area contributed by atoms with E-state index in [1.165, 1.54) is 30.6 Å². The van der Waals surface area contributed by atoms with Crippen molar-refractivity contribution in [3.05, 3.63) is 72.1 Å². The van der Waals surface area contributed by atoms with Gasteiger partial charge in [0.15, 0.2) is 5.69 Å². The zero-order chi connectivity index (χ0) is 17.9. The predicted octanol–water partition coefficient (Wildman–Crippen LogP) is 2.97. The van der Waals surface area contributed by atoms with Gasteiger partial charge in [0, 0.05) is 18.3 Å². The van der Waals surface area contributed by atoms with E-state index in [-0.39, 0.29) is 11.5 Å². The third kappa shape index (κ3) is 3.36. The fourth-order valence-corrected chi connectivity index (χ4v) is 2.37. The van der Waals surface area contributed by atoms with E-state index in [2.05, 4.69) is 20.7 Å². The Morgan fingerprint density at radius 2 is 2.12 bits per heavy atom. The second-order valence-electron chi connectivity index (χ2n) is 5.46. The number of benzene rings is 1. The van der Waals surface area contributed by atoms with E-state index in [0.717, 1.165) is 5.56 Å². The van der Waals surface area contributed by atoms with E-state index < -0.39 is 5.91 Å². The third-order valence-electron chi connectivity index (χ3n) is 3.55. The van der Waals surface area contributed by atoms with Crippen molar-refractivity contribution in [1.29, 1.82) is 0 Å². The molecule has 130 valence electrons. The Bertz CT molecular complexity index is 1040. The Morgan fingerprint density at radius 1 is 1.19 bits per heavy atom. The molecule has 4 aromatic rings. The van der Waals surface area contributed by atoms with Gasteiger partial charge in [0.1, 0.15) is 5.82 Å². The first-order chi connectivity index (χ1) is 12.7. The number of rotatable bonds is 5. The number of nitrogens with one attached hydrogen (secondary N) is 1. The molecule has 0 spiro atoms. The van der Waals surface area contributed by atoms with Gasteiger partial charge in [-0.1, -0.05) is 22.4 Å². The summed E-state index contributed by atoms with van der Waals surface area (Å²) < 4.78 is 24.8. The molecule has 0 saturated heterocycles. The Balaban J connectivity index is 1.43. The summed E-state index contributed by atoms with van der Waals surface area (Å²) in [7, 11) is 0. The summed E-state index contributed by atoms with van der Waals surface area (Å²) in [6.07, 6.45) is 4.60. The number of amides is 1. The Labute approximate surface area is 146 Å². The maximum Gasteiger partial charge on any atom is 0.277 e. The van der Waals surface area contributed by atoms with E-state index in [4.69, 9.17) is 9.05 Å². The van der Waals surface area contributed by atoms with Crippen LogP contribution in [-0.4, -0.2) is 26.0 Å². The number of carbonyl (C=O) groups excluding carboxylic acids is 1. The highest BCUT2D eigenvalue weighted by molar-refractivity contribution is 6.03. The quantitative estimate of drug-likeness (QED) is 0.592. The standard InChI is InChI=1S/C17H12FN5O3/c18-12-3-1-2-11(6-12)9-23-10-13(8-19-23)21-17(24)14-7-16(26-22-14)15-4-5-20-25-15/h1-8,10H,9H2,(H,21,24). The molecular formula is C17H12FN5O3. The summed E-state index contributed by atoms with van der Waals surface area (Å²) in [5.74, 6) is -0.0875. The molecule has 0 bridgehead atoms. The summed E-state index contributed by atoms with van der Waals surface area (Å²) in [6, 6.07) is 9.28. The van der Waals surface area contributed by atoms with E-state index in [9.17, 15) is 9.18 Å². The number of halogens is 1. The molecule has 0 aliphatic rings. The first-order valence-corrected chi connectivity index (χ1v) is 7.63. The average Bonchev–Trinajstić information content (AvgIpc) is 3.36. The molecule has 4 rings (SSSR count). The molecule has 1 N–H and O–H groups in total. The summed E-state index contributed by atoms with van der Waals surface area (Å²) in [6.45, 7) is 0.382. The van der Waals surface area contributed by atoms with Crippen LogP contribution in [0.3, 0.4) is 0 Å². The topological polar surface area (TPSA) is 99.0 Å². The maximum atomic E-state index is 13.2. The van der Waals surface area contributed by atoms with Crippen molar-refractivity contribution in [1.82, 2.24) is 20.1 Å². The lowest BCUT2D eigenvalue weighted by Crippen LogP contribution is -2.11. The largest absolute Gasteiger partial charge is 0.353 e. The Hall–Kier alpha value is -3.75. The zero-order valence-electron chi connectivity index (χ0n) is 13.3. The highest BCUT2D eigenvalue weighted by Crippen LogP contribution is 2.20. The molecule has 9 heteroatoms. The van der Waals surface area contributed by atoms with Crippen LogP contribution in [0.4, 0.5) is 10.1 Å². The lowest BCUT2D eigenvalue weighted by molar-refractivity contribution is 0.101. The number of hydrogen-bond acceptors (Lipinski definition) is 6. The van der Waals surface area contributed by atoms with Gasteiger partial charge in [-0.2, -0.15) is 5.10 Å². The van der Waals surface area contributed by atoms with Crippen molar-refractivity contribution < 1.29 is 18.2 Å². The maximum absolute atomic E-state index is 13.2. The van der Waals surface area contributed by atoms with Crippen LogP contribution in [0.15, 0.2) is 64.0 Å². The second kappa shape index (κ2) is 6.63. The van der Waals surface area contributed by atoms with Crippen LogP contribution >= 0.6 is 0 Å². The number of hydrogen-bond donors (Lipinski definition) is 1. The molecule has 0 aliphatic heterocycles. The van der Waals surface area contributed by atoms with Gasteiger partial charge in [0.25, 0.3) is 5.91 Å².